The maximum atomic E-state index is 12.3. The SMILES string of the molecule is COP(=O)([O-])OP(=O)([O-])OP(=O)([O-])OC[C@H]1O[C@@H](c2cn(C)c(=O)n(C)c2=O)C(O)C1O. The summed E-state index contributed by atoms with van der Waals surface area (Å²) in [6, 6.07) is 0. The summed E-state index contributed by atoms with van der Waals surface area (Å²) in [6.45, 7) is -1.11. The average Bonchev–Trinajstić information content (AvgIpc) is 2.94. The highest BCUT2D eigenvalue weighted by molar-refractivity contribution is 7.65. The summed E-state index contributed by atoms with van der Waals surface area (Å²) < 4.78 is 56.1. The molecule has 2 heterocycles. The number of rotatable bonds is 9. The van der Waals surface area contributed by atoms with Gasteiger partial charge < -0.3 is 43.2 Å². The van der Waals surface area contributed by atoms with Gasteiger partial charge in [-0.25, -0.2) is 13.4 Å². The van der Waals surface area contributed by atoms with Gasteiger partial charge in [-0.15, -0.1) is 0 Å². The lowest BCUT2D eigenvalue weighted by Crippen LogP contribution is -2.40. The summed E-state index contributed by atoms with van der Waals surface area (Å²) in [6.07, 6.45) is -5.63. The molecule has 1 saturated heterocycles. The van der Waals surface area contributed by atoms with Crippen LogP contribution in [0.4, 0.5) is 0 Å². The topological polar surface area (TPSA) is 251 Å². The molecule has 0 amide bonds. The minimum absolute atomic E-state index is 0.242. The van der Waals surface area contributed by atoms with Gasteiger partial charge in [0.1, 0.15) is 24.4 Å². The lowest BCUT2D eigenvalue weighted by atomic mass is 10.0. The predicted molar refractivity (Wildman–Crippen MR) is 94.5 cm³/mol. The number of aryl methyl sites for hydroxylation is 1. The molecule has 1 aliphatic heterocycles. The molecule has 17 nitrogen and oxygen atoms in total. The van der Waals surface area contributed by atoms with Crippen molar-refractivity contribution in [3.8, 4) is 0 Å². The molecule has 2 rings (SSSR count). The molecular weight excluding hydrogens is 505 g/mol. The van der Waals surface area contributed by atoms with Gasteiger partial charge in [0.05, 0.1) is 12.2 Å². The second kappa shape index (κ2) is 9.68. The molecule has 0 radical (unpaired) electrons. The number of aliphatic hydroxyl groups is 2. The molecule has 0 spiro atoms. The maximum absolute atomic E-state index is 12.3. The van der Waals surface area contributed by atoms with Crippen LogP contribution >= 0.6 is 23.5 Å². The normalized spacial score (nSPS) is 29.2. The second-order valence-corrected chi connectivity index (χ2v) is 11.0. The Labute approximate surface area is 179 Å². The number of nitrogens with zero attached hydrogens (tertiary/aromatic N) is 2. The summed E-state index contributed by atoms with van der Waals surface area (Å²) in [5.74, 6) is 0. The van der Waals surface area contributed by atoms with Crippen molar-refractivity contribution in [2.24, 2.45) is 14.1 Å². The highest BCUT2D eigenvalue weighted by Gasteiger charge is 2.45. The van der Waals surface area contributed by atoms with Gasteiger partial charge in [0.2, 0.25) is 0 Å². The van der Waals surface area contributed by atoms with Crippen LogP contribution in [0.1, 0.15) is 11.7 Å². The Balaban J connectivity index is 2.13. The third-order valence-electron chi connectivity index (χ3n) is 4.16. The van der Waals surface area contributed by atoms with Crippen molar-refractivity contribution in [1.29, 1.82) is 0 Å². The largest absolute Gasteiger partial charge is 0.756 e. The highest BCUT2D eigenvalue weighted by Crippen LogP contribution is 2.62. The van der Waals surface area contributed by atoms with Crippen LogP contribution in [0.3, 0.4) is 0 Å². The lowest BCUT2D eigenvalue weighted by Gasteiger charge is -2.34. The molecule has 5 unspecified atom stereocenters. The van der Waals surface area contributed by atoms with Gasteiger partial charge in [-0.05, 0) is 0 Å². The van der Waals surface area contributed by atoms with E-state index >= 15 is 0 Å². The fraction of sp³-hybridized carbons (Fsp3) is 0.667. The van der Waals surface area contributed by atoms with E-state index in [0.29, 0.717) is 11.7 Å². The monoisotopic (exact) mass is 523 g/mol. The van der Waals surface area contributed by atoms with Gasteiger partial charge >= 0.3 is 5.69 Å². The number of phosphoric acid groups is 3. The molecule has 0 bridgehead atoms. The van der Waals surface area contributed by atoms with E-state index in [0.717, 1.165) is 17.8 Å². The third-order valence-corrected chi connectivity index (χ3v) is 8.27. The Morgan fingerprint density at radius 3 is 2.16 bits per heavy atom. The van der Waals surface area contributed by atoms with Gasteiger partial charge in [0.25, 0.3) is 29.0 Å². The number of ether oxygens (including phenoxy) is 1. The molecule has 1 fully saturated rings. The van der Waals surface area contributed by atoms with Gasteiger partial charge in [-0.2, -0.15) is 0 Å². The molecule has 7 atom stereocenters. The fourth-order valence-electron chi connectivity index (χ4n) is 2.66. The standard InChI is InChI=1S/C12H21N2O15P3/c1-13-4-6(11(17)14(2)12(13)18)10-9(16)8(15)7(27-10)5-26-31(21,22)29-32(23,24)28-30(19,20)25-3/h4,7-10,15-16H,5H2,1-3H3,(H,19,20)(H,21,22)(H,23,24)/p-3/t7-,8?,9?,10+/m1/s1. The first-order chi connectivity index (χ1) is 14.5. The van der Waals surface area contributed by atoms with E-state index in [9.17, 15) is 48.2 Å². The van der Waals surface area contributed by atoms with Crippen LogP contribution in [-0.2, 0) is 50.2 Å². The van der Waals surface area contributed by atoms with Crippen molar-refractivity contribution in [3.63, 3.8) is 0 Å². The predicted octanol–water partition coefficient (Wildman–Crippen LogP) is -3.65. The van der Waals surface area contributed by atoms with E-state index in [4.69, 9.17) is 4.74 Å². The van der Waals surface area contributed by atoms with E-state index in [2.05, 4.69) is 17.7 Å². The number of aliphatic hydroxyl groups excluding tert-OH is 2. The van der Waals surface area contributed by atoms with Crippen molar-refractivity contribution < 1.29 is 61.0 Å². The first-order valence-electron chi connectivity index (χ1n) is 8.34. The maximum Gasteiger partial charge on any atom is 0.330 e. The summed E-state index contributed by atoms with van der Waals surface area (Å²) in [5.41, 5.74) is -1.78. The van der Waals surface area contributed by atoms with E-state index in [1.54, 1.807) is 0 Å². The fourth-order valence-corrected chi connectivity index (χ4v) is 5.79. The van der Waals surface area contributed by atoms with Crippen LogP contribution in [0.2, 0.25) is 0 Å². The first kappa shape index (κ1) is 27.2. The zero-order chi connectivity index (χ0) is 24.6. The first-order valence-corrected chi connectivity index (χ1v) is 12.7. The van der Waals surface area contributed by atoms with Crippen molar-refractivity contribution in [1.82, 2.24) is 9.13 Å². The highest BCUT2D eigenvalue weighted by atomic mass is 31.3. The number of phosphoric ester groups is 2. The van der Waals surface area contributed by atoms with Crippen molar-refractivity contribution in [2.75, 3.05) is 13.7 Å². The lowest BCUT2D eigenvalue weighted by molar-refractivity contribution is -0.251. The van der Waals surface area contributed by atoms with Gasteiger partial charge in [-0.1, -0.05) is 0 Å². The molecule has 2 N–H and O–H groups in total. The van der Waals surface area contributed by atoms with Crippen LogP contribution < -0.4 is 25.9 Å². The summed E-state index contributed by atoms with van der Waals surface area (Å²) in [4.78, 5) is 58.1. The van der Waals surface area contributed by atoms with E-state index in [1.807, 2.05) is 0 Å². The van der Waals surface area contributed by atoms with E-state index < -0.39 is 65.7 Å². The number of hydrogen-bond acceptors (Lipinski definition) is 15. The van der Waals surface area contributed by atoms with Crippen molar-refractivity contribution in [2.45, 2.75) is 24.4 Å². The molecule has 32 heavy (non-hydrogen) atoms. The Kier molecular flexibility index (Phi) is 8.23. The van der Waals surface area contributed by atoms with E-state index in [1.165, 1.54) is 7.05 Å². The quantitative estimate of drug-likeness (QED) is 0.296. The Bertz CT molecular complexity index is 1110. The Morgan fingerprint density at radius 1 is 1.03 bits per heavy atom. The second-order valence-electron chi connectivity index (χ2n) is 6.40. The molecule has 0 aliphatic carbocycles. The molecule has 0 saturated carbocycles. The average molecular weight is 523 g/mol. The smallest absolute Gasteiger partial charge is 0.330 e. The zero-order valence-electron chi connectivity index (χ0n) is 16.5. The summed E-state index contributed by atoms with van der Waals surface area (Å²) in [5, 5.41) is 20.3. The third kappa shape index (κ3) is 6.30. The number of aromatic nitrogens is 2. The van der Waals surface area contributed by atoms with Gasteiger partial charge in [0, 0.05) is 27.4 Å². The van der Waals surface area contributed by atoms with Crippen molar-refractivity contribution >= 4 is 23.5 Å². The van der Waals surface area contributed by atoms with Crippen LogP contribution in [0.15, 0.2) is 15.8 Å². The molecule has 1 aromatic rings. The van der Waals surface area contributed by atoms with Gasteiger partial charge in [-0.3, -0.25) is 23.1 Å². The molecule has 0 aromatic carbocycles. The zero-order valence-corrected chi connectivity index (χ0v) is 19.2. The van der Waals surface area contributed by atoms with Crippen LogP contribution in [0.25, 0.3) is 0 Å². The Hall–Kier alpha value is -1.03. The molecule has 184 valence electrons. The molecule has 1 aromatic heterocycles. The van der Waals surface area contributed by atoms with Crippen LogP contribution in [-0.4, -0.2) is 51.4 Å². The minimum Gasteiger partial charge on any atom is -0.756 e. The van der Waals surface area contributed by atoms with E-state index in [-0.39, 0.29) is 5.56 Å². The molecule has 20 heteroatoms. The van der Waals surface area contributed by atoms with Crippen LogP contribution in [0, 0.1) is 0 Å². The summed E-state index contributed by atoms with van der Waals surface area (Å²) in [7, 11) is -14.2. The molecular formula is C12H18N2O15P3-3. The van der Waals surface area contributed by atoms with Crippen LogP contribution in [0.5, 0.6) is 0 Å². The summed E-state index contributed by atoms with van der Waals surface area (Å²) >= 11 is 0. The Morgan fingerprint density at radius 2 is 1.59 bits per heavy atom. The minimum atomic E-state index is -6.00. The number of hydrogen-bond donors (Lipinski definition) is 2. The van der Waals surface area contributed by atoms with Gasteiger partial charge in [0.15, 0.2) is 0 Å². The molecule has 1 aliphatic rings. The van der Waals surface area contributed by atoms with Crippen molar-refractivity contribution in [3.05, 3.63) is 32.6 Å².